The number of carbonyl (C=O) groups excluding carboxylic acids is 2. The van der Waals surface area contributed by atoms with Crippen LogP contribution in [0.3, 0.4) is 0 Å². The number of ether oxygens (including phenoxy) is 1. The molecule has 3 aromatic carbocycles. The first-order chi connectivity index (χ1) is 18.3. The van der Waals surface area contributed by atoms with Gasteiger partial charge in [-0.25, -0.2) is 0 Å². The summed E-state index contributed by atoms with van der Waals surface area (Å²) in [7, 11) is 0. The maximum absolute atomic E-state index is 13.7. The van der Waals surface area contributed by atoms with E-state index >= 15 is 0 Å². The normalized spacial score (nSPS) is 11.6. The van der Waals surface area contributed by atoms with Crippen LogP contribution in [0, 0.1) is 0 Å². The molecule has 0 aliphatic rings. The van der Waals surface area contributed by atoms with E-state index in [2.05, 4.69) is 35.1 Å². The molecule has 3 rings (SSSR count). The zero-order valence-corrected chi connectivity index (χ0v) is 24.8. The largest absolute Gasteiger partial charge is 0.483 e. The first-order valence-electron chi connectivity index (χ1n) is 12.8. The minimum Gasteiger partial charge on any atom is -0.483 e. The van der Waals surface area contributed by atoms with Crippen molar-refractivity contribution in [1.82, 2.24) is 10.2 Å². The Balaban J connectivity index is 1.91. The number of halogens is 3. The van der Waals surface area contributed by atoms with Crippen molar-refractivity contribution in [3.05, 3.63) is 97.9 Å². The molecule has 0 radical (unpaired) electrons. The highest BCUT2D eigenvalue weighted by molar-refractivity contribution is 9.10. The lowest BCUT2D eigenvalue weighted by Gasteiger charge is -2.31. The average Bonchev–Trinajstić information content (AvgIpc) is 2.92. The van der Waals surface area contributed by atoms with Gasteiger partial charge in [-0.05, 0) is 69.7 Å². The van der Waals surface area contributed by atoms with E-state index in [0.717, 1.165) is 40.4 Å². The maximum atomic E-state index is 13.7. The third-order valence-electron chi connectivity index (χ3n) is 6.19. The molecule has 3 aromatic rings. The lowest BCUT2D eigenvalue weighted by atomic mass is 10.0. The molecule has 0 spiro atoms. The van der Waals surface area contributed by atoms with E-state index in [1.165, 1.54) is 0 Å². The molecule has 0 aromatic heterocycles. The van der Waals surface area contributed by atoms with E-state index in [9.17, 15) is 9.59 Å². The molecule has 0 bridgehead atoms. The molecule has 0 aliphatic carbocycles. The van der Waals surface area contributed by atoms with Crippen LogP contribution in [0.15, 0.2) is 71.2 Å². The fourth-order valence-corrected chi connectivity index (χ4v) is 4.86. The summed E-state index contributed by atoms with van der Waals surface area (Å²) in [5.74, 6) is 0.0513. The molecule has 1 N–H and O–H groups in total. The number of benzene rings is 3. The molecule has 5 nitrogen and oxygen atoms in total. The smallest absolute Gasteiger partial charge is 0.261 e. The van der Waals surface area contributed by atoms with E-state index in [0.29, 0.717) is 28.8 Å². The van der Waals surface area contributed by atoms with Crippen molar-refractivity contribution in [2.75, 3.05) is 13.2 Å². The van der Waals surface area contributed by atoms with Crippen molar-refractivity contribution in [2.24, 2.45) is 0 Å². The van der Waals surface area contributed by atoms with Crippen LogP contribution in [-0.2, 0) is 29.0 Å². The quantitative estimate of drug-likeness (QED) is 0.205. The second-order valence-electron chi connectivity index (χ2n) is 9.03. The first-order valence-corrected chi connectivity index (χ1v) is 14.3. The Morgan fingerprint density at radius 3 is 2.34 bits per heavy atom. The molecule has 0 unspecified atom stereocenters. The molecule has 0 aliphatic heterocycles. The van der Waals surface area contributed by atoms with E-state index in [1.54, 1.807) is 17.0 Å². The molecule has 0 fully saturated rings. The monoisotopic (exact) mass is 618 g/mol. The predicted octanol–water partition coefficient (Wildman–Crippen LogP) is 7.25. The summed E-state index contributed by atoms with van der Waals surface area (Å²) in [6.07, 6.45) is 3.06. The van der Waals surface area contributed by atoms with Gasteiger partial charge in [0, 0.05) is 19.5 Å². The average molecular weight is 620 g/mol. The second kappa shape index (κ2) is 15.2. The van der Waals surface area contributed by atoms with Gasteiger partial charge in [0.1, 0.15) is 11.8 Å². The van der Waals surface area contributed by atoms with Gasteiger partial charge in [-0.3, -0.25) is 9.59 Å². The molecule has 38 heavy (non-hydrogen) atoms. The summed E-state index contributed by atoms with van der Waals surface area (Å²) < 4.78 is 6.70. The molecular formula is C30H33BrCl2N2O3. The number of amides is 2. The van der Waals surface area contributed by atoms with Crippen LogP contribution in [0.1, 0.15) is 43.4 Å². The van der Waals surface area contributed by atoms with Crippen molar-refractivity contribution in [2.45, 2.75) is 52.1 Å². The second-order valence-corrected chi connectivity index (χ2v) is 10.7. The van der Waals surface area contributed by atoms with Gasteiger partial charge >= 0.3 is 0 Å². The molecule has 2 amide bonds. The predicted molar refractivity (Wildman–Crippen MR) is 158 cm³/mol. The van der Waals surface area contributed by atoms with Gasteiger partial charge in [0.25, 0.3) is 5.91 Å². The Hall–Kier alpha value is -2.54. The third-order valence-corrected chi connectivity index (χ3v) is 7.55. The molecule has 1 atom stereocenters. The van der Waals surface area contributed by atoms with Crippen molar-refractivity contribution in [1.29, 1.82) is 0 Å². The fraction of sp³-hybridized carbons (Fsp3) is 0.333. The summed E-state index contributed by atoms with van der Waals surface area (Å²) in [6.45, 7) is 4.64. The number of rotatable bonds is 13. The number of hydrogen-bond acceptors (Lipinski definition) is 3. The fourth-order valence-electron chi connectivity index (χ4n) is 4.00. The van der Waals surface area contributed by atoms with E-state index in [-0.39, 0.29) is 25.0 Å². The van der Waals surface area contributed by atoms with Gasteiger partial charge in [0.15, 0.2) is 6.61 Å². The van der Waals surface area contributed by atoms with E-state index in [4.69, 9.17) is 27.9 Å². The van der Waals surface area contributed by atoms with Crippen LogP contribution in [0.2, 0.25) is 10.0 Å². The Labute approximate surface area is 243 Å². The van der Waals surface area contributed by atoms with Crippen LogP contribution >= 0.6 is 39.1 Å². The van der Waals surface area contributed by atoms with Crippen molar-refractivity contribution >= 4 is 50.9 Å². The Morgan fingerprint density at radius 2 is 1.68 bits per heavy atom. The van der Waals surface area contributed by atoms with Gasteiger partial charge in [-0.15, -0.1) is 0 Å². The van der Waals surface area contributed by atoms with Gasteiger partial charge in [0.05, 0.1) is 14.5 Å². The zero-order chi connectivity index (χ0) is 27.5. The van der Waals surface area contributed by atoms with Gasteiger partial charge in [0.2, 0.25) is 5.91 Å². The Bertz CT molecular complexity index is 1220. The van der Waals surface area contributed by atoms with Gasteiger partial charge < -0.3 is 15.0 Å². The van der Waals surface area contributed by atoms with Crippen LogP contribution in [-0.4, -0.2) is 35.9 Å². The van der Waals surface area contributed by atoms with Gasteiger partial charge in [-0.1, -0.05) is 85.9 Å². The SMILES string of the molecule is CCCCNC(=O)[C@H](Cc1ccccc1)N(Cc1ccc(Cl)c(Cl)c1)C(=O)COc1ccc(CC)cc1Br. The van der Waals surface area contributed by atoms with Crippen LogP contribution in [0.5, 0.6) is 5.75 Å². The van der Waals surface area contributed by atoms with Crippen molar-refractivity contribution in [3.63, 3.8) is 0 Å². The summed E-state index contributed by atoms with van der Waals surface area (Å²) in [5, 5.41) is 3.83. The topological polar surface area (TPSA) is 58.6 Å². The minimum absolute atomic E-state index is 0.174. The molecule has 0 saturated heterocycles. The van der Waals surface area contributed by atoms with Crippen LogP contribution in [0.25, 0.3) is 0 Å². The molecule has 202 valence electrons. The summed E-state index contributed by atoms with van der Waals surface area (Å²) >= 11 is 15.9. The van der Waals surface area contributed by atoms with Crippen molar-refractivity contribution in [3.8, 4) is 5.75 Å². The highest BCUT2D eigenvalue weighted by atomic mass is 79.9. The first kappa shape index (κ1) is 30.0. The lowest BCUT2D eigenvalue weighted by Crippen LogP contribution is -2.51. The number of carbonyl (C=O) groups is 2. The standard InChI is InChI=1S/C30H33BrCl2N2O3/c1-3-5-15-34-30(37)27(18-22-9-7-6-8-10-22)35(19-23-11-13-25(32)26(33)17-23)29(36)20-38-28-14-12-21(4-2)16-24(28)31/h6-14,16-17,27H,3-5,15,18-20H2,1-2H3,(H,34,37)/t27-/m0/s1. The summed E-state index contributed by atoms with van der Waals surface area (Å²) in [6, 6.07) is 20.0. The molecule has 0 saturated carbocycles. The van der Waals surface area contributed by atoms with Crippen LogP contribution < -0.4 is 10.1 Å². The molecular weight excluding hydrogens is 587 g/mol. The Morgan fingerprint density at radius 1 is 0.947 bits per heavy atom. The highest BCUT2D eigenvalue weighted by Gasteiger charge is 2.30. The van der Waals surface area contributed by atoms with E-state index < -0.39 is 6.04 Å². The minimum atomic E-state index is -0.745. The number of nitrogens with zero attached hydrogens (tertiary/aromatic N) is 1. The number of aryl methyl sites for hydroxylation is 1. The maximum Gasteiger partial charge on any atom is 0.261 e. The number of nitrogens with one attached hydrogen (secondary N) is 1. The lowest BCUT2D eigenvalue weighted by molar-refractivity contribution is -0.142. The highest BCUT2D eigenvalue weighted by Crippen LogP contribution is 2.27. The van der Waals surface area contributed by atoms with E-state index in [1.807, 2.05) is 54.6 Å². The third kappa shape index (κ3) is 8.75. The summed E-state index contributed by atoms with van der Waals surface area (Å²) in [5.41, 5.74) is 2.87. The zero-order valence-electron chi connectivity index (χ0n) is 21.7. The Kier molecular flexibility index (Phi) is 12.0. The summed E-state index contributed by atoms with van der Waals surface area (Å²) in [4.78, 5) is 28.8. The molecule has 0 heterocycles. The van der Waals surface area contributed by atoms with Crippen LogP contribution in [0.4, 0.5) is 0 Å². The van der Waals surface area contributed by atoms with Gasteiger partial charge in [-0.2, -0.15) is 0 Å². The van der Waals surface area contributed by atoms with Crippen molar-refractivity contribution < 1.29 is 14.3 Å². The number of hydrogen-bond donors (Lipinski definition) is 1. The molecule has 8 heteroatoms. The number of unbranched alkanes of at least 4 members (excludes halogenated alkanes) is 1.